The second-order valence-electron chi connectivity index (χ2n) is 6.94. The first-order valence-electron chi connectivity index (χ1n) is 9.21. The third kappa shape index (κ3) is 3.04. The largest absolute Gasteiger partial charge is 0.383 e. The van der Waals surface area contributed by atoms with Crippen LogP contribution in [0, 0.1) is 5.92 Å². The molecule has 8 heteroatoms. The summed E-state index contributed by atoms with van der Waals surface area (Å²) in [4.78, 5) is 13.1. The van der Waals surface area contributed by atoms with Crippen molar-refractivity contribution in [1.82, 2.24) is 30.0 Å². The van der Waals surface area contributed by atoms with Gasteiger partial charge in [0.05, 0.1) is 5.39 Å². The van der Waals surface area contributed by atoms with E-state index in [1.807, 2.05) is 23.0 Å². The normalized spacial score (nSPS) is 15.7. The first-order valence-corrected chi connectivity index (χ1v) is 10.0. The summed E-state index contributed by atoms with van der Waals surface area (Å²) in [5.74, 6) is 1.09. The summed E-state index contributed by atoms with van der Waals surface area (Å²) in [6.45, 7) is 3.00. The zero-order valence-electron chi connectivity index (χ0n) is 14.9. The van der Waals surface area contributed by atoms with Crippen LogP contribution in [-0.2, 0) is 6.54 Å². The molecule has 1 saturated heterocycles. The van der Waals surface area contributed by atoms with Crippen LogP contribution < -0.4 is 11.1 Å². The second-order valence-corrected chi connectivity index (χ2v) is 7.97. The van der Waals surface area contributed by atoms with E-state index in [1.54, 1.807) is 11.8 Å². The molecule has 0 radical (unpaired) electrons. The van der Waals surface area contributed by atoms with Gasteiger partial charge in [0.15, 0.2) is 5.65 Å². The molecule has 138 valence electrons. The average molecular weight is 379 g/mol. The van der Waals surface area contributed by atoms with Gasteiger partial charge in [-0.3, -0.25) is 0 Å². The Morgan fingerprint density at radius 1 is 1.19 bits per heavy atom. The number of benzene rings is 1. The number of hydrogen-bond acceptors (Lipinski definition) is 6. The van der Waals surface area contributed by atoms with E-state index in [0.717, 1.165) is 58.9 Å². The first-order chi connectivity index (χ1) is 13.3. The molecule has 1 aromatic carbocycles. The maximum absolute atomic E-state index is 6.21. The van der Waals surface area contributed by atoms with Crippen molar-refractivity contribution in [3.05, 3.63) is 36.8 Å². The van der Waals surface area contributed by atoms with E-state index in [4.69, 9.17) is 10.8 Å². The molecule has 0 atom stereocenters. The van der Waals surface area contributed by atoms with Crippen molar-refractivity contribution in [2.24, 2.45) is 5.92 Å². The van der Waals surface area contributed by atoms with Gasteiger partial charge >= 0.3 is 0 Å². The van der Waals surface area contributed by atoms with Crippen LogP contribution in [0.15, 0.2) is 46.7 Å². The van der Waals surface area contributed by atoms with Crippen molar-refractivity contribution >= 4 is 39.5 Å². The van der Waals surface area contributed by atoms with Crippen molar-refractivity contribution in [3.8, 4) is 0 Å². The highest BCUT2D eigenvalue weighted by atomic mass is 32.2. The van der Waals surface area contributed by atoms with Gasteiger partial charge in [-0.1, -0.05) is 30.0 Å². The van der Waals surface area contributed by atoms with E-state index in [9.17, 15) is 0 Å². The SMILES string of the molecule is Nc1ncnc2c1c(Sc1c[nH]c3ccccc13)nn2CC1CCNCC1. The minimum absolute atomic E-state index is 0.485. The molecule has 1 aliphatic rings. The lowest BCUT2D eigenvalue weighted by atomic mass is 9.98. The second kappa shape index (κ2) is 6.86. The van der Waals surface area contributed by atoms with Gasteiger partial charge in [0.1, 0.15) is 17.2 Å². The zero-order valence-corrected chi connectivity index (χ0v) is 15.7. The molecule has 5 rings (SSSR count). The lowest BCUT2D eigenvalue weighted by Gasteiger charge is -2.22. The maximum atomic E-state index is 6.21. The lowest BCUT2D eigenvalue weighted by Crippen LogP contribution is -2.30. The fourth-order valence-electron chi connectivity index (χ4n) is 3.74. The highest BCUT2D eigenvalue weighted by Gasteiger charge is 2.21. The molecule has 1 aliphatic heterocycles. The van der Waals surface area contributed by atoms with Gasteiger partial charge in [0.25, 0.3) is 0 Å². The van der Waals surface area contributed by atoms with Crippen LogP contribution in [0.4, 0.5) is 5.82 Å². The number of fused-ring (bicyclic) bond motifs is 2. The fraction of sp³-hybridized carbons (Fsp3) is 0.316. The number of aromatic nitrogens is 5. The van der Waals surface area contributed by atoms with Crippen molar-refractivity contribution in [2.75, 3.05) is 18.8 Å². The number of nitrogens with zero attached hydrogens (tertiary/aromatic N) is 4. The van der Waals surface area contributed by atoms with Gasteiger partial charge in [-0.05, 0) is 37.9 Å². The van der Waals surface area contributed by atoms with Crippen molar-refractivity contribution in [1.29, 1.82) is 0 Å². The van der Waals surface area contributed by atoms with Gasteiger partial charge in [-0.2, -0.15) is 5.10 Å². The van der Waals surface area contributed by atoms with Gasteiger partial charge in [0.2, 0.25) is 0 Å². The predicted octanol–water partition coefficient (Wildman–Crippen LogP) is 3.04. The number of H-pyrrole nitrogens is 1. The van der Waals surface area contributed by atoms with Crippen LogP contribution in [0.3, 0.4) is 0 Å². The number of anilines is 1. The number of nitrogens with one attached hydrogen (secondary N) is 2. The molecule has 7 nitrogen and oxygen atoms in total. The third-order valence-corrected chi connectivity index (χ3v) is 6.21. The summed E-state index contributed by atoms with van der Waals surface area (Å²) in [5, 5.41) is 11.2. The Hall–Kier alpha value is -2.58. The van der Waals surface area contributed by atoms with E-state index < -0.39 is 0 Å². The molecule has 4 aromatic rings. The molecule has 0 bridgehead atoms. The van der Waals surface area contributed by atoms with E-state index >= 15 is 0 Å². The Morgan fingerprint density at radius 2 is 2.04 bits per heavy atom. The van der Waals surface area contributed by atoms with E-state index in [2.05, 4.69) is 32.4 Å². The Kier molecular flexibility index (Phi) is 4.21. The summed E-state index contributed by atoms with van der Waals surface area (Å²) in [5.41, 5.74) is 8.15. The summed E-state index contributed by atoms with van der Waals surface area (Å²) >= 11 is 1.61. The van der Waals surface area contributed by atoms with Gasteiger partial charge in [-0.25, -0.2) is 14.6 Å². The standard InChI is InChI=1S/C19H21N7S/c20-17-16-18(24-11-23-17)26(10-12-5-7-21-8-6-12)25-19(16)27-15-9-22-14-4-2-1-3-13(14)15/h1-4,9,11-12,21-22H,5-8,10H2,(H2,20,23,24). The van der Waals surface area contributed by atoms with E-state index in [0.29, 0.717) is 11.7 Å². The first kappa shape index (κ1) is 16.6. The molecule has 0 aliphatic carbocycles. The number of rotatable bonds is 4. The van der Waals surface area contributed by atoms with Crippen molar-refractivity contribution in [3.63, 3.8) is 0 Å². The van der Waals surface area contributed by atoms with Gasteiger partial charge in [-0.15, -0.1) is 0 Å². The highest BCUT2D eigenvalue weighted by molar-refractivity contribution is 7.99. The van der Waals surface area contributed by atoms with Crippen LogP contribution in [-0.4, -0.2) is 37.8 Å². The smallest absolute Gasteiger partial charge is 0.164 e. The molecule has 27 heavy (non-hydrogen) atoms. The van der Waals surface area contributed by atoms with Crippen LogP contribution in [0.1, 0.15) is 12.8 Å². The number of nitrogen functional groups attached to an aromatic ring is 1. The maximum Gasteiger partial charge on any atom is 0.164 e. The number of hydrogen-bond donors (Lipinski definition) is 3. The molecule has 0 amide bonds. The Morgan fingerprint density at radius 3 is 2.93 bits per heavy atom. The fourth-order valence-corrected chi connectivity index (χ4v) is 4.79. The average Bonchev–Trinajstić information content (AvgIpc) is 3.26. The monoisotopic (exact) mass is 379 g/mol. The summed E-state index contributed by atoms with van der Waals surface area (Å²) in [6.07, 6.45) is 5.87. The van der Waals surface area contributed by atoms with Crippen LogP contribution in [0.2, 0.25) is 0 Å². The molecule has 4 heterocycles. The highest BCUT2D eigenvalue weighted by Crippen LogP contribution is 2.38. The number of piperidine rings is 1. The number of para-hydroxylation sites is 1. The zero-order chi connectivity index (χ0) is 18.2. The molecule has 3 aromatic heterocycles. The Labute approximate surface area is 160 Å². The van der Waals surface area contributed by atoms with Crippen LogP contribution >= 0.6 is 11.8 Å². The third-order valence-electron chi connectivity index (χ3n) is 5.17. The summed E-state index contributed by atoms with van der Waals surface area (Å²) < 4.78 is 2.01. The number of nitrogens with two attached hydrogens (primary N) is 1. The molecule has 4 N–H and O–H groups in total. The quantitative estimate of drug-likeness (QED) is 0.504. The molecule has 0 unspecified atom stereocenters. The van der Waals surface area contributed by atoms with Crippen LogP contribution in [0.5, 0.6) is 0 Å². The van der Waals surface area contributed by atoms with Crippen molar-refractivity contribution in [2.45, 2.75) is 29.3 Å². The molecular weight excluding hydrogens is 358 g/mol. The minimum Gasteiger partial charge on any atom is -0.383 e. The molecular formula is C19H21N7S. The van der Waals surface area contributed by atoms with Gasteiger partial charge < -0.3 is 16.0 Å². The van der Waals surface area contributed by atoms with E-state index in [1.165, 1.54) is 11.7 Å². The Balaban J connectivity index is 1.55. The van der Waals surface area contributed by atoms with Crippen LogP contribution in [0.25, 0.3) is 21.9 Å². The lowest BCUT2D eigenvalue weighted by molar-refractivity contribution is 0.323. The summed E-state index contributed by atoms with van der Waals surface area (Å²) in [7, 11) is 0. The predicted molar refractivity (Wildman–Crippen MR) is 108 cm³/mol. The van der Waals surface area contributed by atoms with Gasteiger partial charge in [0, 0.05) is 28.5 Å². The molecule has 0 saturated carbocycles. The topological polar surface area (TPSA) is 97.4 Å². The number of aromatic amines is 1. The minimum atomic E-state index is 0.485. The molecule has 0 spiro atoms. The molecule has 1 fully saturated rings. The Bertz CT molecular complexity index is 1090. The van der Waals surface area contributed by atoms with E-state index in [-0.39, 0.29) is 0 Å². The summed E-state index contributed by atoms with van der Waals surface area (Å²) in [6, 6.07) is 8.26. The van der Waals surface area contributed by atoms with Crippen molar-refractivity contribution < 1.29 is 0 Å².